The molecule has 0 fully saturated rings. The number of hydrogen-bond acceptors (Lipinski definition) is 2. The third-order valence-electron chi connectivity index (χ3n) is 3.00. The Bertz CT molecular complexity index is 799. The Labute approximate surface area is 129 Å². The van der Waals surface area contributed by atoms with E-state index >= 15 is 0 Å². The maximum atomic E-state index is 12.8. The molecule has 0 N–H and O–H groups in total. The summed E-state index contributed by atoms with van der Waals surface area (Å²) in [5.41, 5.74) is -1.06. The Morgan fingerprint density at radius 2 is 1.74 bits per heavy atom. The molecule has 116 valence electrons. The summed E-state index contributed by atoms with van der Waals surface area (Å²) in [5.74, 6) is -1.23. The monoisotopic (exact) mass is 319 g/mol. The van der Waals surface area contributed by atoms with E-state index in [9.17, 15) is 22.4 Å². The van der Waals surface area contributed by atoms with E-state index in [-0.39, 0.29) is 16.7 Å². The van der Waals surface area contributed by atoms with E-state index in [1.54, 1.807) is 6.07 Å². The highest BCUT2D eigenvalue weighted by atomic mass is 19.4. The van der Waals surface area contributed by atoms with Crippen molar-refractivity contribution in [1.82, 2.24) is 0 Å². The van der Waals surface area contributed by atoms with Crippen LogP contribution in [0.5, 0.6) is 0 Å². The number of halogens is 4. The van der Waals surface area contributed by atoms with Crippen LogP contribution in [0.1, 0.15) is 21.5 Å². The summed E-state index contributed by atoms with van der Waals surface area (Å²) in [7, 11) is 0. The van der Waals surface area contributed by atoms with Gasteiger partial charge >= 0.3 is 6.18 Å². The molecule has 0 spiro atoms. The highest BCUT2D eigenvalue weighted by molar-refractivity contribution is 6.14. The van der Waals surface area contributed by atoms with Crippen LogP contribution in [0.4, 0.5) is 17.6 Å². The predicted octanol–water partition coefficient (Wildman–Crippen LogP) is 4.63. The molecule has 2 rings (SSSR count). The van der Waals surface area contributed by atoms with Gasteiger partial charge in [-0.1, -0.05) is 12.1 Å². The quantitative estimate of drug-likeness (QED) is 0.358. The fourth-order valence-electron chi connectivity index (χ4n) is 1.88. The molecule has 0 saturated heterocycles. The fourth-order valence-corrected chi connectivity index (χ4v) is 1.88. The lowest BCUT2D eigenvalue weighted by atomic mass is 10.0. The summed E-state index contributed by atoms with van der Waals surface area (Å²) in [6.45, 7) is 0. The van der Waals surface area contributed by atoms with E-state index in [1.165, 1.54) is 24.3 Å². The van der Waals surface area contributed by atoms with Gasteiger partial charge in [0, 0.05) is 5.56 Å². The van der Waals surface area contributed by atoms with Gasteiger partial charge < -0.3 is 0 Å². The van der Waals surface area contributed by atoms with Gasteiger partial charge in [-0.3, -0.25) is 4.79 Å². The predicted molar refractivity (Wildman–Crippen MR) is 75.8 cm³/mol. The lowest BCUT2D eigenvalue weighted by Gasteiger charge is -2.07. The van der Waals surface area contributed by atoms with Crippen molar-refractivity contribution in [2.75, 3.05) is 0 Å². The van der Waals surface area contributed by atoms with E-state index in [0.29, 0.717) is 0 Å². The molecule has 2 aromatic carbocycles. The summed E-state index contributed by atoms with van der Waals surface area (Å²) in [6, 6.07) is 10.5. The molecule has 6 heteroatoms. The Hall–Kier alpha value is -2.94. The number of hydrogen-bond donors (Lipinski definition) is 0. The van der Waals surface area contributed by atoms with Crippen LogP contribution in [0.3, 0.4) is 0 Å². The van der Waals surface area contributed by atoms with Crippen molar-refractivity contribution in [3.63, 3.8) is 0 Å². The minimum Gasteiger partial charge on any atom is -0.288 e. The van der Waals surface area contributed by atoms with Crippen molar-refractivity contribution in [3.8, 4) is 6.07 Å². The number of nitrogens with zero attached hydrogens (tertiary/aromatic N) is 1. The zero-order valence-electron chi connectivity index (χ0n) is 11.6. The van der Waals surface area contributed by atoms with Gasteiger partial charge in [-0.2, -0.15) is 18.4 Å². The second kappa shape index (κ2) is 6.44. The average molecular weight is 319 g/mol. The summed E-state index contributed by atoms with van der Waals surface area (Å²) >= 11 is 0. The largest absolute Gasteiger partial charge is 0.416 e. The minimum atomic E-state index is -4.52. The zero-order valence-corrected chi connectivity index (χ0v) is 11.6. The molecule has 0 aliphatic carbocycles. The molecule has 23 heavy (non-hydrogen) atoms. The third kappa shape index (κ3) is 4.04. The maximum Gasteiger partial charge on any atom is 0.416 e. The lowest BCUT2D eigenvalue weighted by molar-refractivity contribution is -0.137. The lowest BCUT2D eigenvalue weighted by Crippen LogP contribution is -2.05. The van der Waals surface area contributed by atoms with Gasteiger partial charge in [-0.25, -0.2) is 4.39 Å². The van der Waals surface area contributed by atoms with Gasteiger partial charge in [0.25, 0.3) is 0 Å². The number of benzene rings is 2. The minimum absolute atomic E-state index is 0.0752. The summed E-state index contributed by atoms with van der Waals surface area (Å²) < 4.78 is 50.8. The number of carbonyl (C=O) groups excluding carboxylic acids is 1. The van der Waals surface area contributed by atoms with Gasteiger partial charge in [0.05, 0.1) is 5.56 Å². The maximum absolute atomic E-state index is 12.8. The molecule has 0 heterocycles. The van der Waals surface area contributed by atoms with E-state index < -0.39 is 23.3 Å². The first-order valence-electron chi connectivity index (χ1n) is 6.40. The first-order valence-corrected chi connectivity index (χ1v) is 6.40. The standard InChI is InChI=1S/C17H9F4NO/c18-15-6-4-12(5-7-15)16(23)13(10-22)8-11-2-1-3-14(9-11)17(19,20)21/h1-9H/b13-8+. The number of ketones is 1. The normalized spacial score (nSPS) is 11.9. The molecule has 0 aromatic heterocycles. The Balaban J connectivity index is 2.38. The molecular formula is C17H9F4NO. The second-order valence-electron chi connectivity index (χ2n) is 4.63. The molecule has 0 atom stereocenters. The summed E-state index contributed by atoms with van der Waals surface area (Å²) in [5, 5.41) is 9.07. The van der Waals surface area contributed by atoms with Crippen molar-refractivity contribution in [3.05, 3.63) is 76.6 Å². The molecule has 0 aliphatic heterocycles. The van der Waals surface area contributed by atoms with E-state index in [0.717, 1.165) is 30.3 Å². The first kappa shape index (κ1) is 16.4. The number of carbonyl (C=O) groups is 1. The van der Waals surface area contributed by atoms with Crippen LogP contribution in [0.15, 0.2) is 54.1 Å². The topological polar surface area (TPSA) is 40.9 Å². The van der Waals surface area contributed by atoms with Crippen LogP contribution in [0.2, 0.25) is 0 Å². The third-order valence-corrected chi connectivity index (χ3v) is 3.00. The number of allylic oxidation sites excluding steroid dienone is 1. The highest BCUT2D eigenvalue weighted by Crippen LogP contribution is 2.30. The van der Waals surface area contributed by atoms with Crippen molar-refractivity contribution in [1.29, 1.82) is 5.26 Å². The van der Waals surface area contributed by atoms with Gasteiger partial charge in [0.15, 0.2) is 0 Å². The molecule has 0 bridgehead atoms. The molecule has 0 radical (unpaired) electrons. The number of nitriles is 1. The first-order chi connectivity index (χ1) is 10.8. The van der Waals surface area contributed by atoms with Gasteiger partial charge in [-0.15, -0.1) is 0 Å². The summed E-state index contributed by atoms with van der Waals surface area (Å²) in [6.07, 6.45) is -3.45. The fraction of sp³-hybridized carbons (Fsp3) is 0.0588. The molecule has 2 aromatic rings. The number of rotatable bonds is 3. The van der Waals surface area contributed by atoms with E-state index in [4.69, 9.17) is 5.26 Å². The summed E-state index contributed by atoms with van der Waals surface area (Å²) in [4.78, 5) is 12.1. The Morgan fingerprint density at radius 3 is 2.30 bits per heavy atom. The van der Waals surface area contributed by atoms with Crippen molar-refractivity contribution >= 4 is 11.9 Å². The number of Topliss-reactive ketones (excluding diaryl/α,β-unsaturated/α-hetero) is 1. The van der Waals surface area contributed by atoms with Crippen LogP contribution in [-0.2, 0) is 6.18 Å². The van der Waals surface area contributed by atoms with Crippen LogP contribution >= 0.6 is 0 Å². The number of alkyl halides is 3. The average Bonchev–Trinajstić information content (AvgIpc) is 2.52. The molecule has 0 aliphatic rings. The van der Waals surface area contributed by atoms with Crippen molar-refractivity contribution < 1.29 is 22.4 Å². The van der Waals surface area contributed by atoms with Crippen molar-refractivity contribution in [2.45, 2.75) is 6.18 Å². The van der Waals surface area contributed by atoms with E-state index in [2.05, 4.69) is 0 Å². The van der Waals surface area contributed by atoms with Crippen molar-refractivity contribution in [2.24, 2.45) is 0 Å². The van der Waals surface area contributed by atoms with E-state index in [1.807, 2.05) is 0 Å². The molecule has 0 saturated carbocycles. The SMILES string of the molecule is N#C/C(=C\c1cccc(C(F)(F)F)c1)C(=O)c1ccc(F)cc1. The van der Waals surface area contributed by atoms with Crippen LogP contribution in [0, 0.1) is 17.1 Å². The van der Waals surface area contributed by atoms with Gasteiger partial charge in [-0.05, 0) is 48.0 Å². The molecule has 0 unspecified atom stereocenters. The zero-order chi connectivity index (χ0) is 17.0. The molecule has 2 nitrogen and oxygen atoms in total. The smallest absolute Gasteiger partial charge is 0.288 e. The Kier molecular flexibility index (Phi) is 4.60. The van der Waals surface area contributed by atoms with Crippen LogP contribution in [0.25, 0.3) is 6.08 Å². The van der Waals surface area contributed by atoms with Crippen LogP contribution < -0.4 is 0 Å². The molecular weight excluding hydrogens is 310 g/mol. The second-order valence-corrected chi connectivity index (χ2v) is 4.63. The van der Waals surface area contributed by atoms with Gasteiger partial charge in [0.2, 0.25) is 5.78 Å². The Morgan fingerprint density at radius 1 is 1.09 bits per heavy atom. The van der Waals surface area contributed by atoms with Gasteiger partial charge in [0.1, 0.15) is 17.5 Å². The highest BCUT2D eigenvalue weighted by Gasteiger charge is 2.30. The van der Waals surface area contributed by atoms with Crippen LogP contribution in [-0.4, -0.2) is 5.78 Å². The molecule has 0 amide bonds.